The normalized spacial score (nSPS) is 10.7. The van der Waals surface area contributed by atoms with Gasteiger partial charge >= 0.3 is 5.97 Å². The first-order valence-corrected chi connectivity index (χ1v) is 8.78. The van der Waals surface area contributed by atoms with E-state index in [9.17, 15) is 19.7 Å². The third-order valence-electron chi connectivity index (χ3n) is 4.12. The lowest BCUT2D eigenvalue weighted by Gasteiger charge is -2.05. The second-order valence-corrected chi connectivity index (χ2v) is 6.33. The number of rotatable bonds is 6. The first kappa shape index (κ1) is 19.7. The van der Waals surface area contributed by atoms with Gasteiger partial charge in [0.25, 0.3) is 5.69 Å². The van der Waals surface area contributed by atoms with E-state index in [1.807, 2.05) is 19.1 Å². The van der Waals surface area contributed by atoms with Crippen LogP contribution in [-0.2, 0) is 0 Å². The Bertz CT molecular complexity index is 1100. The number of esters is 1. The number of aryl methyl sites for hydroxylation is 1. The smallest absolute Gasteiger partial charge is 0.343 e. The Hall–Kier alpha value is -4.06. The molecule has 0 radical (unpaired) electrons. The predicted molar refractivity (Wildman–Crippen MR) is 109 cm³/mol. The van der Waals surface area contributed by atoms with Crippen molar-refractivity contribution in [3.63, 3.8) is 0 Å². The van der Waals surface area contributed by atoms with Crippen molar-refractivity contribution >= 4 is 23.5 Å². The van der Waals surface area contributed by atoms with E-state index in [1.165, 1.54) is 24.3 Å². The summed E-state index contributed by atoms with van der Waals surface area (Å²) < 4.78 is 5.30. The van der Waals surface area contributed by atoms with Crippen LogP contribution in [0.5, 0.6) is 5.75 Å². The average Bonchev–Trinajstić information content (AvgIpc) is 2.73. The Labute approximate surface area is 167 Å². The molecule has 0 aliphatic carbocycles. The van der Waals surface area contributed by atoms with Crippen molar-refractivity contribution < 1.29 is 19.2 Å². The number of carbonyl (C=O) groups is 2. The third kappa shape index (κ3) is 5.23. The lowest BCUT2D eigenvalue weighted by atomic mass is 10.1. The first-order chi connectivity index (χ1) is 13.9. The Morgan fingerprint density at radius 1 is 0.931 bits per heavy atom. The van der Waals surface area contributed by atoms with Crippen LogP contribution in [0.3, 0.4) is 0 Å². The maximum absolute atomic E-state index is 12.3. The number of benzene rings is 3. The number of ketones is 1. The van der Waals surface area contributed by atoms with Crippen molar-refractivity contribution in [3.05, 3.63) is 111 Å². The van der Waals surface area contributed by atoms with Crippen LogP contribution in [0.2, 0.25) is 0 Å². The molecule has 0 N–H and O–H groups in total. The molecule has 0 heterocycles. The van der Waals surface area contributed by atoms with Gasteiger partial charge < -0.3 is 4.74 Å². The number of nitro benzene ring substituents is 1. The standard InChI is InChI=1S/C23H17NO5/c1-16-8-11-18(12-9-16)22(25)13-10-17-4-2-7-21(14-17)29-23(26)19-5-3-6-20(15-19)24(27)28/h2-15H,1H3/b13-10+. The summed E-state index contributed by atoms with van der Waals surface area (Å²) in [7, 11) is 0. The van der Waals surface area contributed by atoms with E-state index in [0.717, 1.165) is 11.6 Å². The molecule has 0 saturated carbocycles. The summed E-state index contributed by atoms with van der Waals surface area (Å²) in [6.07, 6.45) is 3.08. The summed E-state index contributed by atoms with van der Waals surface area (Å²) in [5.74, 6) is -0.569. The molecule has 0 aromatic heterocycles. The molecule has 0 bridgehead atoms. The van der Waals surface area contributed by atoms with Crippen LogP contribution in [0, 0.1) is 17.0 Å². The minimum atomic E-state index is -0.703. The van der Waals surface area contributed by atoms with Crippen molar-refractivity contribution in [1.29, 1.82) is 0 Å². The monoisotopic (exact) mass is 387 g/mol. The maximum Gasteiger partial charge on any atom is 0.343 e. The van der Waals surface area contributed by atoms with Crippen LogP contribution in [-0.4, -0.2) is 16.7 Å². The number of ether oxygens (including phenoxy) is 1. The molecule has 0 aliphatic rings. The average molecular weight is 387 g/mol. The number of nitrogens with zero attached hydrogens (tertiary/aromatic N) is 1. The molecule has 29 heavy (non-hydrogen) atoms. The van der Waals surface area contributed by atoms with Gasteiger partial charge in [0.15, 0.2) is 5.78 Å². The van der Waals surface area contributed by atoms with E-state index in [1.54, 1.807) is 42.5 Å². The van der Waals surface area contributed by atoms with Gasteiger partial charge in [0.1, 0.15) is 5.75 Å². The van der Waals surface area contributed by atoms with E-state index in [4.69, 9.17) is 4.74 Å². The fraction of sp³-hybridized carbons (Fsp3) is 0.0435. The van der Waals surface area contributed by atoms with Gasteiger partial charge in [-0.25, -0.2) is 4.79 Å². The second-order valence-electron chi connectivity index (χ2n) is 6.33. The quantitative estimate of drug-likeness (QED) is 0.148. The third-order valence-corrected chi connectivity index (χ3v) is 4.12. The molecule has 3 aromatic rings. The lowest BCUT2D eigenvalue weighted by molar-refractivity contribution is -0.384. The second kappa shape index (κ2) is 8.75. The summed E-state index contributed by atoms with van der Waals surface area (Å²) in [4.78, 5) is 34.8. The van der Waals surface area contributed by atoms with E-state index in [-0.39, 0.29) is 22.8 Å². The van der Waals surface area contributed by atoms with Gasteiger partial charge in [-0.1, -0.05) is 54.1 Å². The summed E-state index contributed by atoms with van der Waals surface area (Å²) in [6.45, 7) is 1.95. The Kier molecular flexibility index (Phi) is 5.94. The number of non-ortho nitro benzene ring substituents is 1. The fourth-order valence-corrected chi connectivity index (χ4v) is 2.58. The van der Waals surface area contributed by atoms with Crippen LogP contribution >= 0.6 is 0 Å². The molecule has 0 aliphatic heterocycles. The molecular weight excluding hydrogens is 370 g/mol. The molecule has 0 unspecified atom stereocenters. The number of hydrogen-bond donors (Lipinski definition) is 0. The van der Waals surface area contributed by atoms with Gasteiger partial charge in [-0.2, -0.15) is 0 Å². The van der Waals surface area contributed by atoms with Crippen LogP contribution in [0.4, 0.5) is 5.69 Å². The molecule has 144 valence electrons. The minimum absolute atomic E-state index is 0.0784. The molecule has 0 spiro atoms. The van der Waals surface area contributed by atoms with Crippen LogP contribution in [0.15, 0.2) is 78.9 Å². The van der Waals surface area contributed by atoms with Gasteiger partial charge in [0.05, 0.1) is 10.5 Å². The Morgan fingerprint density at radius 2 is 1.66 bits per heavy atom. The van der Waals surface area contributed by atoms with Gasteiger partial charge in [-0.3, -0.25) is 14.9 Å². The number of allylic oxidation sites excluding steroid dienone is 1. The van der Waals surface area contributed by atoms with Crippen molar-refractivity contribution in [1.82, 2.24) is 0 Å². The number of carbonyl (C=O) groups excluding carboxylic acids is 2. The summed E-state index contributed by atoms with van der Waals surface area (Å²) in [6, 6.07) is 19.2. The molecule has 6 heteroatoms. The fourth-order valence-electron chi connectivity index (χ4n) is 2.58. The highest BCUT2D eigenvalue weighted by atomic mass is 16.6. The molecule has 3 rings (SSSR count). The van der Waals surface area contributed by atoms with Crippen molar-refractivity contribution in [2.24, 2.45) is 0 Å². The largest absolute Gasteiger partial charge is 0.423 e. The van der Waals surface area contributed by atoms with Gasteiger partial charge in [-0.15, -0.1) is 0 Å². The number of nitro groups is 1. The van der Waals surface area contributed by atoms with E-state index >= 15 is 0 Å². The van der Waals surface area contributed by atoms with Crippen molar-refractivity contribution in [2.75, 3.05) is 0 Å². The summed E-state index contributed by atoms with van der Waals surface area (Å²) in [5.41, 5.74) is 2.22. The lowest BCUT2D eigenvalue weighted by Crippen LogP contribution is -2.08. The van der Waals surface area contributed by atoms with Gasteiger partial charge in [0, 0.05) is 17.7 Å². The molecule has 3 aromatic carbocycles. The van der Waals surface area contributed by atoms with Gasteiger partial charge in [0.2, 0.25) is 0 Å². The zero-order chi connectivity index (χ0) is 20.8. The maximum atomic E-state index is 12.3. The van der Waals surface area contributed by atoms with Crippen molar-refractivity contribution in [3.8, 4) is 5.75 Å². The Balaban J connectivity index is 1.71. The highest BCUT2D eigenvalue weighted by molar-refractivity contribution is 6.06. The number of hydrogen-bond acceptors (Lipinski definition) is 5. The first-order valence-electron chi connectivity index (χ1n) is 8.78. The van der Waals surface area contributed by atoms with Crippen LogP contribution in [0.25, 0.3) is 6.08 Å². The predicted octanol–water partition coefficient (Wildman–Crippen LogP) is 5.02. The van der Waals surface area contributed by atoms with E-state index < -0.39 is 10.9 Å². The van der Waals surface area contributed by atoms with Crippen LogP contribution in [0.1, 0.15) is 31.8 Å². The minimum Gasteiger partial charge on any atom is -0.423 e. The van der Waals surface area contributed by atoms with Crippen molar-refractivity contribution in [2.45, 2.75) is 6.92 Å². The molecule has 0 saturated heterocycles. The van der Waals surface area contributed by atoms with Crippen LogP contribution < -0.4 is 4.74 Å². The van der Waals surface area contributed by atoms with E-state index in [0.29, 0.717) is 11.1 Å². The zero-order valence-electron chi connectivity index (χ0n) is 15.6. The van der Waals surface area contributed by atoms with E-state index in [2.05, 4.69) is 0 Å². The highest BCUT2D eigenvalue weighted by Crippen LogP contribution is 2.19. The molecule has 6 nitrogen and oxygen atoms in total. The SMILES string of the molecule is Cc1ccc(C(=O)/C=C/c2cccc(OC(=O)c3cccc([N+](=O)[O-])c3)c2)cc1. The molecular formula is C23H17NO5. The Morgan fingerprint density at radius 3 is 2.38 bits per heavy atom. The highest BCUT2D eigenvalue weighted by Gasteiger charge is 2.13. The molecule has 0 amide bonds. The zero-order valence-corrected chi connectivity index (χ0v) is 15.6. The summed E-state index contributed by atoms with van der Waals surface area (Å²) in [5, 5.41) is 10.8. The summed E-state index contributed by atoms with van der Waals surface area (Å²) >= 11 is 0. The van der Waals surface area contributed by atoms with Gasteiger partial charge in [-0.05, 0) is 36.8 Å². The molecule has 0 atom stereocenters. The molecule has 0 fully saturated rings. The topological polar surface area (TPSA) is 86.5 Å².